The van der Waals surface area contributed by atoms with E-state index in [0.29, 0.717) is 17.9 Å². The van der Waals surface area contributed by atoms with Gasteiger partial charge in [-0.2, -0.15) is 0 Å². The van der Waals surface area contributed by atoms with Gasteiger partial charge in [-0.25, -0.2) is 4.98 Å². The summed E-state index contributed by atoms with van der Waals surface area (Å²) in [4.78, 5) is 19.4. The smallest absolute Gasteiger partial charge is 0.223 e. The summed E-state index contributed by atoms with van der Waals surface area (Å²) in [6.45, 7) is 1.82. The van der Waals surface area contributed by atoms with Gasteiger partial charge in [0.25, 0.3) is 0 Å². The molecule has 3 unspecified atom stereocenters. The summed E-state index contributed by atoms with van der Waals surface area (Å²) in [5.74, 6) is 2.55. The molecule has 3 atom stereocenters. The fourth-order valence-electron chi connectivity index (χ4n) is 4.95. The molecule has 3 aliphatic rings. The molecule has 2 bridgehead atoms. The summed E-state index contributed by atoms with van der Waals surface area (Å²) in [5, 5.41) is 3.30. The first-order valence-electron chi connectivity index (χ1n) is 9.42. The SMILES string of the molecule is Cl.NC1C2CCCC1CC(C(=O)NC1CCN(c3ccccn3)C1)C2. The van der Waals surface area contributed by atoms with E-state index in [1.54, 1.807) is 0 Å². The van der Waals surface area contributed by atoms with Gasteiger partial charge in [-0.3, -0.25) is 4.79 Å². The Morgan fingerprint density at radius 2 is 1.96 bits per heavy atom. The average molecular weight is 365 g/mol. The Labute approximate surface area is 156 Å². The Bertz CT molecular complexity index is 570. The number of pyridine rings is 1. The molecule has 138 valence electrons. The number of hydrogen-bond acceptors (Lipinski definition) is 4. The fraction of sp³-hybridized carbons (Fsp3) is 0.684. The fourth-order valence-corrected chi connectivity index (χ4v) is 4.95. The second-order valence-electron chi connectivity index (χ2n) is 7.82. The van der Waals surface area contributed by atoms with Crippen molar-refractivity contribution in [2.45, 2.75) is 50.6 Å². The number of nitrogens with zero attached hydrogens (tertiary/aromatic N) is 2. The zero-order valence-electron chi connectivity index (χ0n) is 14.6. The molecular weight excluding hydrogens is 336 g/mol. The van der Waals surface area contributed by atoms with Crippen LogP contribution in [0.1, 0.15) is 38.5 Å². The normalized spacial score (nSPS) is 34.3. The monoisotopic (exact) mass is 364 g/mol. The lowest BCUT2D eigenvalue weighted by Crippen LogP contribution is -2.50. The van der Waals surface area contributed by atoms with Crippen LogP contribution in [-0.4, -0.2) is 36.1 Å². The molecule has 1 saturated heterocycles. The van der Waals surface area contributed by atoms with E-state index in [4.69, 9.17) is 5.73 Å². The van der Waals surface area contributed by atoms with Gasteiger partial charge in [0.15, 0.2) is 0 Å². The molecule has 3 fully saturated rings. The third-order valence-corrected chi connectivity index (χ3v) is 6.29. The summed E-state index contributed by atoms with van der Waals surface area (Å²) in [6.07, 6.45) is 8.50. The van der Waals surface area contributed by atoms with E-state index < -0.39 is 0 Å². The van der Waals surface area contributed by atoms with Crippen LogP contribution >= 0.6 is 12.4 Å². The summed E-state index contributed by atoms with van der Waals surface area (Å²) < 4.78 is 0. The molecule has 2 aliphatic carbocycles. The van der Waals surface area contributed by atoms with Crippen molar-refractivity contribution in [2.24, 2.45) is 23.5 Å². The molecule has 1 amide bonds. The van der Waals surface area contributed by atoms with Gasteiger partial charge in [0, 0.05) is 37.3 Å². The predicted octanol–water partition coefficient (Wildman–Crippen LogP) is 2.35. The van der Waals surface area contributed by atoms with Gasteiger partial charge in [0.05, 0.1) is 0 Å². The van der Waals surface area contributed by atoms with Gasteiger partial charge >= 0.3 is 0 Å². The van der Waals surface area contributed by atoms with Crippen LogP contribution in [0.3, 0.4) is 0 Å². The minimum atomic E-state index is 0. The van der Waals surface area contributed by atoms with Crippen molar-refractivity contribution < 1.29 is 4.79 Å². The number of fused-ring (bicyclic) bond motifs is 2. The lowest BCUT2D eigenvalue weighted by atomic mass is 9.65. The molecule has 1 aliphatic heterocycles. The number of rotatable bonds is 3. The standard InChI is InChI=1S/C19H28N4O.ClH/c20-18-13-4-3-5-14(18)11-15(10-13)19(24)22-16-7-9-23(12-16)17-6-1-2-8-21-17;/h1-2,6,8,13-16,18H,3-5,7,9-12,20H2,(H,22,24);1H. The van der Waals surface area contributed by atoms with Crippen LogP contribution in [0.25, 0.3) is 0 Å². The second-order valence-corrected chi connectivity index (χ2v) is 7.82. The number of aromatic nitrogens is 1. The molecule has 0 radical (unpaired) electrons. The molecule has 4 rings (SSSR count). The van der Waals surface area contributed by atoms with Crippen LogP contribution in [0.2, 0.25) is 0 Å². The molecule has 3 N–H and O–H groups in total. The first-order valence-corrected chi connectivity index (χ1v) is 9.42. The van der Waals surface area contributed by atoms with Gasteiger partial charge in [-0.15, -0.1) is 12.4 Å². The Kier molecular flexibility index (Phi) is 5.85. The molecule has 5 nitrogen and oxygen atoms in total. The summed E-state index contributed by atoms with van der Waals surface area (Å²) in [7, 11) is 0. The van der Waals surface area contributed by atoms with E-state index >= 15 is 0 Å². The Morgan fingerprint density at radius 1 is 1.20 bits per heavy atom. The Morgan fingerprint density at radius 3 is 2.64 bits per heavy atom. The van der Waals surface area contributed by atoms with E-state index in [-0.39, 0.29) is 30.3 Å². The maximum atomic E-state index is 12.7. The van der Waals surface area contributed by atoms with E-state index in [9.17, 15) is 4.79 Å². The molecule has 2 heterocycles. The summed E-state index contributed by atoms with van der Waals surface area (Å²) >= 11 is 0. The van der Waals surface area contributed by atoms with Crippen molar-refractivity contribution in [1.82, 2.24) is 10.3 Å². The zero-order chi connectivity index (χ0) is 16.5. The highest BCUT2D eigenvalue weighted by Crippen LogP contribution is 2.42. The minimum absolute atomic E-state index is 0. The van der Waals surface area contributed by atoms with Crippen LogP contribution in [0.4, 0.5) is 5.82 Å². The Hall–Kier alpha value is -1.33. The topological polar surface area (TPSA) is 71.2 Å². The van der Waals surface area contributed by atoms with E-state index in [1.165, 1.54) is 19.3 Å². The van der Waals surface area contributed by atoms with Crippen molar-refractivity contribution >= 4 is 24.1 Å². The number of carbonyl (C=O) groups excluding carboxylic acids is 1. The van der Waals surface area contributed by atoms with Gasteiger partial charge in [-0.05, 0) is 56.1 Å². The number of amides is 1. The van der Waals surface area contributed by atoms with E-state index in [1.807, 2.05) is 24.4 Å². The molecule has 6 heteroatoms. The molecule has 2 saturated carbocycles. The highest BCUT2D eigenvalue weighted by Gasteiger charge is 2.41. The second kappa shape index (κ2) is 7.92. The van der Waals surface area contributed by atoms with Gasteiger partial charge in [0.1, 0.15) is 5.82 Å². The predicted molar refractivity (Wildman–Crippen MR) is 102 cm³/mol. The number of carbonyl (C=O) groups is 1. The highest BCUT2D eigenvalue weighted by atomic mass is 35.5. The number of nitrogens with two attached hydrogens (primary N) is 1. The third-order valence-electron chi connectivity index (χ3n) is 6.29. The third kappa shape index (κ3) is 3.93. The number of hydrogen-bond donors (Lipinski definition) is 2. The number of halogens is 1. The van der Waals surface area contributed by atoms with Crippen molar-refractivity contribution in [3.8, 4) is 0 Å². The van der Waals surface area contributed by atoms with Crippen molar-refractivity contribution in [3.05, 3.63) is 24.4 Å². The first kappa shape index (κ1) is 18.5. The van der Waals surface area contributed by atoms with E-state index in [2.05, 4.69) is 15.2 Å². The summed E-state index contributed by atoms with van der Waals surface area (Å²) in [5.41, 5.74) is 6.35. The van der Waals surface area contributed by atoms with Crippen LogP contribution in [0, 0.1) is 17.8 Å². The quantitative estimate of drug-likeness (QED) is 0.863. The molecule has 0 spiro atoms. The molecular formula is C19H29ClN4O. The summed E-state index contributed by atoms with van der Waals surface area (Å²) in [6, 6.07) is 6.55. The molecule has 25 heavy (non-hydrogen) atoms. The average Bonchev–Trinajstić information content (AvgIpc) is 3.04. The molecule has 1 aromatic rings. The lowest BCUT2D eigenvalue weighted by molar-refractivity contribution is -0.128. The molecule has 1 aromatic heterocycles. The number of anilines is 1. The van der Waals surface area contributed by atoms with Crippen LogP contribution in [0.15, 0.2) is 24.4 Å². The number of nitrogens with one attached hydrogen (secondary N) is 1. The van der Waals surface area contributed by atoms with E-state index in [0.717, 1.165) is 38.2 Å². The van der Waals surface area contributed by atoms with Crippen molar-refractivity contribution in [1.29, 1.82) is 0 Å². The minimum Gasteiger partial charge on any atom is -0.354 e. The van der Waals surface area contributed by atoms with Crippen molar-refractivity contribution in [2.75, 3.05) is 18.0 Å². The lowest BCUT2D eigenvalue weighted by Gasteiger charge is -2.43. The largest absolute Gasteiger partial charge is 0.354 e. The highest BCUT2D eigenvalue weighted by molar-refractivity contribution is 5.85. The van der Waals surface area contributed by atoms with Gasteiger partial charge < -0.3 is 16.0 Å². The zero-order valence-corrected chi connectivity index (χ0v) is 15.5. The van der Waals surface area contributed by atoms with Crippen molar-refractivity contribution in [3.63, 3.8) is 0 Å². The first-order chi connectivity index (χ1) is 11.7. The van der Waals surface area contributed by atoms with Crippen LogP contribution in [-0.2, 0) is 4.79 Å². The maximum absolute atomic E-state index is 12.7. The van der Waals surface area contributed by atoms with Crippen LogP contribution < -0.4 is 16.0 Å². The van der Waals surface area contributed by atoms with Gasteiger partial charge in [0.2, 0.25) is 5.91 Å². The Balaban J connectivity index is 0.00000182. The van der Waals surface area contributed by atoms with Gasteiger partial charge in [-0.1, -0.05) is 12.5 Å². The molecule has 0 aromatic carbocycles. The maximum Gasteiger partial charge on any atom is 0.223 e. The van der Waals surface area contributed by atoms with Crippen LogP contribution in [0.5, 0.6) is 0 Å².